The van der Waals surface area contributed by atoms with Crippen molar-refractivity contribution in [3.8, 4) is 0 Å². The van der Waals surface area contributed by atoms with Crippen molar-refractivity contribution in [1.29, 1.82) is 0 Å². The van der Waals surface area contributed by atoms with E-state index in [1.54, 1.807) is 6.92 Å². The predicted octanol–water partition coefficient (Wildman–Crippen LogP) is 3.63. The van der Waals surface area contributed by atoms with Gasteiger partial charge in [0, 0.05) is 5.97 Å². The Bertz CT molecular complexity index is 300. The van der Waals surface area contributed by atoms with Gasteiger partial charge in [-0.05, 0) is 58.3 Å². The maximum absolute atomic E-state index is 10.6. The highest BCUT2D eigenvalue weighted by Gasteiger charge is 2.02. The number of rotatable bonds is 9. The molecule has 0 bridgehead atoms. The van der Waals surface area contributed by atoms with Gasteiger partial charge in [0.25, 0.3) is 0 Å². The summed E-state index contributed by atoms with van der Waals surface area (Å²) in [5.74, 6) is -1.26. The number of aliphatic carboxylic acids is 1. The van der Waals surface area contributed by atoms with Crippen molar-refractivity contribution in [1.82, 2.24) is 0 Å². The lowest BCUT2D eigenvalue weighted by Crippen LogP contribution is -2.29. The summed E-state index contributed by atoms with van der Waals surface area (Å²) in [5.41, 5.74) is 2.82. The molecule has 104 valence electrons. The van der Waals surface area contributed by atoms with E-state index in [9.17, 15) is 9.90 Å². The molecule has 2 nitrogen and oxygen atoms in total. The standard InChI is InChI=1S/C16H28O2/c1-5-8-13(2)9-6-10-14(3)11-7-12-15(4)16(17)18/h8,10,15H,5-7,9,11-12H2,1-4H3,(H,17,18)/p-1/b13-8+,14-10+. The van der Waals surface area contributed by atoms with Gasteiger partial charge in [0.1, 0.15) is 0 Å². The van der Waals surface area contributed by atoms with Crippen LogP contribution in [0.25, 0.3) is 0 Å². The lowest BCUT2D eigenvalue weighted by Gasteiger charge is -2.11. The third kappa shape index (κ3) is 9.03. The van der Waals surface area contributed by atoms with E-state index in [1.165, 1.54) is 11.1 Å². The predicted molar refractivity (Wildman–Crippen MR) is 75.1 cm³/mol. The average molecular weight is 251 g/mol. The molecule has 0 aromatic heterocycles. The molecule has 1 unspecified atom stereocenters. The number of carboxylic acid groups (broad SMARTS) is 1. The molecule has 0 radical (unpaired) electrons. The van der Waals surface area contributed by atoms with Crippen molar-refractivity contribution in [2.45, 2.75) is 66.2 Å². The first-order valence-electron chi connectivity index (χ1n) is 6.99. The fourth-order valence-electron chi connectivity index (χ4n) is 1.90. The zero-order valence-electron chi connectivity index (χ0n) is 12.3. The first-order valence-corrected chi connectivity index (χ1v) is 6.99. The van der Waals surface area contributed by atoms with Crippen LogP contribution >= 0.6 is 0 Å². The van der Waals surface area contributed by atoms with Crippen molar-refractivity contribution >= 4 is 5.97 Å². The van der Waals surface area contributed by atoms with E-state index >= 15 is 0 Å². The highest BCUT2D eigenvalue weighted by Crippen LogP contribution is 2.14. The van der Waals surface area contributed by atoms with Crippen molar-refractivity contribution in [3.05, 3.63) is 23.3 Å². The molecular formula is C16H27O2-. The van der Waals surface area contributed by atoms with Gasteiger partial charge in [-0.2, -0.15) is 0 Å². The van der Waals surface area contributed by atoms with Crippen LogP contribution in [0.5, 0.6) is 0 Å². The molecule has 0 aliphatic heterocycles. The van der Waals surface area contributed by atoms with Crippen LogP contribution in [0.4, 0.5) is 0 Å². The van der Waals surface area contributed by atoms with E-state index in [2.05, 4.69) is 32.9 Å². The van der Waals surface area contributed by atoms with Crippen LogP contribution < -0.4 is 5.11 Å². The molecule has 0 aromatic rings. The molecule has 0 amide bonds. The molecule has 0 N–H and O–H groups in total. The van der Waals surface area contributed by atoms with Gasteiger partial charge in [0.05, 0.1) is 0 Å². The Morgan fingerprint density at radius 1 is 1.17 bits per heavy atom. The van der Waals surface area contributed by atoms with Crippen molar-refractivity contribution in [2.75, 3.05) is 0 Å². The summed E-state index contributed by atoms with van der Waals surface area (Å²) in [6.07, 6.45) is 10.5. The molecule has 0 aliphatic carbocycles. The minimum absolute atomic E-state index is 0.326. The number of allylic oxidation sites excluding steroid dienone is 4. The van der Waals surface area contributed by atoms with Gasteiger partial charge < -0.3 is 9.90 Å². The summed E-state index contributed by atoms with van der Waals surface area (Å²) in [7, 11) is 0. The van der Waals surface area contributed by atoms with Gasteiger partial charge in [0.2, 0.25) is 0 Å². The van der Waals surface area contributed by atoms with Gasteiger partial charge in [-0.3, -0.25) is 0 Å². The SMILES string of the molecule is CC/C=C(\C)CC/C=C(\C)CCCC(C)C(=O)[O-]. The molecule has 0 spiro atoms. The van der Waals surface area contributed by atoms with Crippen LogP contribution in [0.1, 0.15) is 66.2 Å². The zero-order valence-corrected chi connectivity index (χ0v) is 12.3. The van der Waals surface area contributed by atoms with Crippen LogP contribution in [0.2, 0.25) is 0 Å². The minimum Gasteiger partial charge on any atom is -0.550 e. The second-order valence-corrected chi connectivity index (χ2v) is 5.16. The maximum atomic E-state index is 10.6. The van der Waals surface area contributed by atoms with Crippen LogP contribution in [0, 0.1) is 5.92 Å². The second kappa shape index (κ2) is 9.93. The first-order chi connectivity index (χ1) is 8.47. The molecule has 2 heteroatoms. The number of hydrogen-bond acceptors (Lipinski definition) is 2. The summed E-state index contributed by atoms with van der Waals surface area (Å²) in [4.78, 5) is 10.6. The number of carbonyl (C=O) groups excluding carboxylic acids is 1. The lowest BCUT2D eigenvalue weighted by molar-refractivity contribution is -0.311. The zero-order chi connectivity index (χ0) is 14.0. The molecule has 0 fully saturated rings. The van der Waals surface area contributed by atoms with Crippen molar-refractivity contribution in [2.24, 2.45) is 5.92 Å². The third-order valence-electron chi connectivity index (χ3n) is 3.19. The quantitative estimate of drug-likeness (QED) is 0.587. The second-order valence-electron chi connectivity index (χ2n) is 5.16. The fraction of sp³-hybridized carbons (Fsp3) is 0.688. The van der Waals surface area contributed by atoms with E-state index in [4.69, 9.17) is 0 Å². The van der Waals surface area contributed by atoms with Crippen LogP contribution in [0.15, 0.2) is 23.3 Å². The normalized spacial score (nSPS) is 14.7. The number of carbonyl (C=O) groups is 1. The van der Waals surface area contributed by atoms with E-state index in [-0.39, 0.29) is 5.92 Å². The average Bonchev–Trinajstić information content (AvgIpc) is 2.29. The lowest BCUT2D eigenvalue weighted by atomic mass is 10.0. The van der Waals surface area contributed by atoms with Gasteiger partial charge in [-0.1, -0.05) is 37.1 Å². The van der Waals surface area contributed by atoms with Gasteiger partial charge in [0.15, 0.2) is 0 Å². The maximum Gasteiger partial charge on any atom is 0.0442 e. The van der Waals surface area contributed by atoms with E-state index in [0.29, 0.717) is 6.42 Å². The molecule has 0 heterocycles. The Morgan fingerprint density at radius 3 is 2.33 bits per heavy atom. The number of hydrogen-bond donors (Lipinski definition) is 0. The molecule has 0 aromatic carbocycles. The van der Waals surface area contributed by atoms with E-state index < -0.39 is 5.97 Å². The Balaban J connectivity index is 3.78. The molecule has 0 saturated heterocycles. The van der Waals surface area contributed by atoms with Crippen LogP contribution in [-0.4, -0.2) is 5.97 Å². The topological polar surface area (TPSA) is 40.1 Å². The Hall–Kier alpha value is -1.05. The summed E-state index contributed by atoms with van der Waals surface area (Å²) in [5, 5.41) is 10.6. The van der Waals surface area contributed by atoms with Gasteiger partial charge in [-0.15, -0.1) is 0 Å². The van der Waals surface area contributed by atoms with E-state index in [1.807, 2.05) is 0 Å². The molecular weight excluding hydrogens is 224 g/mol. The highest BCUT2D eigenvalue weighted by atomic mass is 16.4. The molecule has 1 atom stereocenters. The summed E-state index contributed by atoms with van der Waals surface area (Å²) < 4.78 is 0. The smallest absolute Gasteiger partial charge is 0.0442 e. The summed E-state index contributed by atoms with van der Waals surface area (Å²) in [6, 6.07) is 0. The molecule has 0 saturated carbocycles. The largest absolute Gasteiger partial charge is 0.550 e. The Labute approximate surface area is 112 Å². The highest BCUT2D eigenvalue weighted by molar-refractivity contribution is 5.66. The fourth-order valence-corrected chi connectivity index (χ4v) is 1.90. The molecule has 18 heavy (non-hydrogen) atoms. The number of carboxylic acids is 1. The van der Waals surface area contributed by atoms with Gasteiger partial charge in [-0.25, -0.2) is 0 Å². The van der Waals surface area contributed by atoms with Crippen LogP contribution in [0.3, 0.4) is 0 Å². The Morgan fingerprint density at radius 2 is 1.78 bits per heavy atom. The summed E-state index contributed by atoms with van der Waals surface area (Å²) >= 11 is 0. The summed E-state index contributed by atoms with van der Waals surface area (Å²) in [6.45, 7) is 8.17. The minimum atomic E-state index is -0.933. The van der Waals surface area contributed by atoms with Crippen molar-refractivity contribution in [3.63, 3.8) is 0 Å². The first kappa shape index (κ1) is 16.9. The van der Waals surface area contributed by atoms with Crippen LogP contribution in [-0.2, 0) is 4.79 Å². The monoisotopic (exact) mass is 251 g/mol. The molecule has 0 aliphatic rings. The Kier molecular flexibility index (Phi) is 9.35. The van der Waals surface area contributed by atoms with Crippen molar-refractivity contribution < 1.29 is 9.90 Å². The van der Waals surface area contributed by atoms with Gasteiger partial charge >= 0.3 is 0 Å². The van der Waals surface area contributed by atoms with E-state index in [0.717, 1.165) is 32.1 Å². The third-order valence-corrected chi connectivity index (χ3v) is 3.19. The molecule has 0 rings (SSSR count).